The molecular weight excluding hydrogens is 798 g/mol. The predicted octanol–water partition coefficient (Wildman–Crippen LogP) is 11.5. The van der Waals surface area contributed by atoms with Crippen molar-refractivity contribution in [1.29, 1.82) is 0 Å². The second kappa shape index (κ2) is 14.5. The summed E-state index contributed by atoms with van der Waals surface area (Å²) < 4.78 is 135. The molecule has 0 amide bonds. The van der Waals surface area contributed by atoms with E-state index in [-0.39, 0.29) is 22.3 Å². The van der Waals surface area contributed by atoms with E-state index in [1.807, 2.05) is 16.9 Å². The summed E-state index contributed by atoms with van der Waals surface area (Å²) in [6.07, 6.45) is -5.48. The number of nitrogens with zero attached hydrogens (tertiary/aromatic N) is 1. The molecule has 2 fully saturated rings. The first-order valence-corrected chi connectivity index (χ1v) is 20.2. The van der Waals surface area contributed by atoms with E-state index in [1.165, 1.54) is 18.9 Å². The number of carboxylic acids is 1. The minimum atomic E-state index is -5.10. The Hall–Kier alpha value is -4.96. The number of hydrogen-bond acceptors (Lipinski definition) is 6. The molecule has 0 aliphatic heterocycles. The minimum Gasteiger partial charge on any atom is -0.495 e. The highest BCUT2D eigenvalue weighted by molar-refractivity contribution is 7.92. The van der Waals surface area contributed by atoms with Crippen LogP contribution in [0.5, 0.6) is 5.75 Å². The lowest BCUT2D eigenvalue weighted by atomic mass is 9.78. The van der Waals surface area contributed by atoms with Crippen molar-refractivity contribution in [3.05, 3.63) is 106 Å². The number of carboxylic acid groups (broad SMARTS) is 1. The van der Waals surface area contributed by atoms with Gasteiger partial charge in [-0.25, -0.2) is 14.2 Å². The summed E-state index contributed by atoms with van der Waals surface area (Å²) in [6, 6.07) is 14.9. The third kappa shape index (κ3) is 7.85. The Morgan fingerprint density at radius 3 is 2.02 bits per heavy atom. The molecule has 5 aromatic rings. The van der Waals surface area contributed by atoms with Crippen LogP contribution in [0.3, 0.4) is 0 Å². The average molecular weight is 833 g/mol. The van der Waals surface area contributed by atoms with Gasteiger partial charge in [0.1, 0.15) is 16.6 Å². The first kappa shape index (κ1) is 40.2. The van der Waals surface area contributed by atoms with Crippen molar-refractivity contribution in [1.82, 2.24) is 4.98 Å². The Morgan fingerprint density at radius 1 is 0.860 bits per heavy atom. The first-order valence-electron chi connectivity index (χ1n) is 17.8. The number of alkyl halides is 6. The largest absolute Gasteiger partial charge is 0.495 e. The van der Waals surface area contributed by atoms with E-state index >= 15 is 0 Å². The van der Waals surface area contributed by atoms with Crippen LogP contribution in [-0.4, -0.2) is 31.6 Å². The number of aromatic carboxylic acids is 1. The zero-order valence-corrected chi connectivity index (χ0v) is 32.2. The maximum Gasteiger partial charge on any atom is 0.417 e. The van der Waals surface area contributed by atoms with Gasteiger partial charge in [-0.2, -0.15) is 34.8 Å². The van der Waals surface area contributed by atoms with Gasteiger partial charge < -0.3 is 9.84 Å². The van der Waals surface area contributed by atoms with E-state index in [0.29, 0.717) is 40.9 Å². The van der Waals surface area contributed by atoms with Crippen molar-refractivity contribution in [3.8, 4) is 38.6 Å². The van der Waals surface area contributed by atoms with E-state index in [1.54, 1.807) is 12.1 Å². The zero-order chi connectivity index (χ0) is 41.2. The summed E-state index contributed by atoms with van der Waals surface area (Å²) >= 11 is 0.518. The fourth-order valence-corrected chi connectivity index (χ4v) is 10.8. The van der Waals surface area contributed by atoms with Crippen molar-refractivity contribution >= 4 is 33.0 Å². The van der Waals surface area contributed by atoms with Crippen LogP contribution in [0.1, 0.15) is 66.6 Å². The Labute approximate surface area is 327 Å². The molecule has 0 saturated heterocycles. The molecule has 4 aromatic carbocycles. The van der Waals surface area contributed by atoms with E-state index in [2.05, 4.69) is 18.8 Å². The number of halogens is 7. The van der Waals surface area contributed by atoms with Gasteiger partial charge in [0.15, 0.2) is 5.03 Å². The number of aromatic nitrogens is 1. The van der Waals surface area contributed by atoms with Crippen molar-refractivity contribution in [2.75, 3.05) is 11.8 Å². The number of sulfonamides is 1. The van der Waals surface area contributed by atoms with E-state index in [4.69, 9.17) is 9.84 Å². The molecule has 2 saturated carbocycles. The fraction of sp³-hybridized carbons (Fsp3) is 0.317. The van der Waals surface area contributed by atoms with Crippen LogP contribution < -0.4 is 9.46 Å². The number of carbonyl (C=O) groups is 1. The molecular formula is C41H35F7N2O5S2. The van der Waals surface area contributed by atoms with Crippen LogP contribution in [0.4, 0.5) is 36.4 Å². The van der Waals surface area contributed by atoms with Crippen molar-refractivity contribution < 1.29 is 53.8 Å². The van der Waals surface area contributed by atoms with Gasteiger partial charge in [-0.3, -0.25) is 4.72 Å². The van der Waals surface area contributed by atoms with Crippen LogP contribution in [0.2, 0.25) is 0 Å². The molecule has 7 rings (SSSR count). The lowest BCUT2D eigenvalue weighted by molar-refractivity contribution is -0.137. The highest BCUT2D eigenvalue weighted by Crippen LogP contribution is 2.55. The third-order valence-electron chi connectivity index (χ3n) is 11.1. The molecule has 2 atom stereocenters. The molecule has 0 radical (unpaired) electrons. The van der Waals surface area contributed by atoms with Crippen LogP contribution in [0.15, 0.2) is 83.2 Å². The third-order valence-corrected chi connectivity index (χ3v) is 13.4. The molecule has 7 nitrogen and oxygen atoms in total. The number of rotatable bonds is 9. The minimum absolute atomic E-state index is 0.0186. The molecule has 0 bridgehead atoms. The second-order valence-electron chi connectivity index (χ2n) is 15.1. The lowest BCUT2D eigenvalue weighted by Crippen LogP contribution is -2.19. The van der Waals surface area contributed by atoms with Gasteiger partial charge in [-0.15, -0.1) is 11.3 Å². The second-order valence-corrected chi connectivity index (χ2v) is 17.6. The number of anilines is 1. The summed E-state index contributed by atoms with van der Waals surface area (Å²) in [4.78, 5) is 15.1. The number of methoxy groups -OCH3 is 1. The van der Waals surface area contributed by atoms with E-state index in [0.717, 1.165) is 67.1 Å². The molecule has 1 heterocycles. The van der Waals surface area contributed by atoms with Gasteiger partial charge in [-0.1, -0.05) is 62.4 Å². The quantitative estimate of drug-likeness (QED) is 0.143. The van der Waals surface area contributed by atoms with Gasteiger partial charge in [0.05, 0.1) is 29.5 Å². The maximum absolute atomic E-state index is 14.6. The summed E-state index contributed by atoms with van der Waals surface area (Å²) in [5, 5.41) is 8.89. The standard InChI is InChI=1S/C41H35F7N2O5S2/c1-21-12-25-18-39(2,19-26(25)13-21)27-8-4-22(5-9-27)23-6-10-28(31(14-23)40(43,44)45)24-7-11-29(32(15-24)41(46,47)48)37-49-36(20-56-37)57(53,54)50-34-17-33(42)30(38(51)52)16-35(34)55-3/h4-11,14-17,20-21,25-26,50H,12-13,18-19H2,1-3H3,(H,51,52). The highest BCUT2D eigenvalue weighted by atomic mass is 32.2. The Morgan fingerprint density at radius 2 is 1.42 bits per heavy atom. The topological polar surface area (TPSA) is 106 Å². The van der Waals surface area contributed by atoms with Gasteiger partial charge in [-0.05, 0) is 94.9 Å². The summed E-state index contributed by atoms with van der Waals surface area (Å²) in [5.74, 6) is -1.24. The molecule has 300 valence electrons. The van der Waals surface area contributed by atoms with Crippen molar-refractivity contribution in [2.24, 2.45) is 17.8 Å². The van der Waals surface area contributed by atoms with Gasteiger partial charge >= 0.3 is 18.3 Å². The SMILES string of the molecule is COc1cc(C(=O)O)c(F)cc1NS(=O)(=O)c1csc(-c2ccc(-c3ccc(-c4ccc(C5(C)CC6CC(C)CC6C5)cc4)cc3C(F)(F)F)cc2C(F)(F)F)n1. The Balaban J connectivity index is 1.18. The molecule has 2 N–H and O–H groups in total. The average Bonchev–Trinajstić information content (AvgIpc) is 3.85. The normalized spacial score (nSPS) is 21.1. The molecule has 0 spiro atoms. The number of nitrogens with one attached hydrogen (secondary N) is 1. The predicted molar refractivity (Wildman–Crippen MR) is 201 cm³/mol. The zero-order valence-electron chi connectivity index (χ0n) is 30.6. The lowest BCUT2D eigenvalue weighted by Gasteiger charge is -2.27. The first-order chi connectivity index (χ1) is 26.7. The monoisotopic (exact) mass is 832 g/mol. The van der Waals surface area contributed by atoms with E-state index in [9.17, 15) is 43.9 Å². The molecule has 2 aliphatic carbocycles. The fourth-order valence-electron chi connectivity index (χ4n) is 8.57. The summed E-state index contributed by atoms with van der Waals surface area (Å²) in [5.41, 5.74) is -3.36. The van der Waals surface area contributed by atoms with Gasteiger partial charge in [0.25, 0.3) is 10.0 Å². The van der Waals surface area contributed by atoms with Gasteiger partial charge in [0, 0.05) is 17.0 Å². The molecule has 1 aromatic heterocycles. The van der Waals surface area contributed by atoms with E-state index < -0.39 is 77.7 Å². The number of fused-ring (bicyclic) bond motifs is 1. The van der Waals surface area contributed by atoms with Crippen molar-refractivity contribution in [3.63, 3.8) is 0 Å². The van der Waals surface area contributed by atoms with Crippen LogP contribution in [-0.2, 0) is 27.8 Å². The van der Waals surface area contributed by atoms with Gasteiger partial charge in [0.2, 0.25) is 0 Å². The number of thiazole rings is 1. The Kier molecular flexibility index (Phi) is 10.2. The number of benzene rings is 4. The molecule has 57 heavy (non-hydrogen) atoms. The number of hydrogen-bond donors (Lipinski definition) is 2. The van der Waals surface area contributed by atoms with Crippen LogP contribution in [0.25, 0.3) is 32.8 Å². The number of ether oxygens (including phenoxy) is 1. The van der Waals surface area contributed by atoms with Crippen LogP contribution >= 0.6 is 11.3 Å². The Bertz CT molecular complexity index is 2470. The summed E-state index contributed by atoms with van der Waals surface area (Å²) in [7, 11) is -3.62. The van der Waals surface area contributed by atoms with Crippen molar-refractivity contribution in [2.45, 2.75) is 62.3 Å². The smallest absolute Gasteiger partial charge is 0.417 e. The highest BCUT2D eigenvalue weighted by Gasteiger charge is 2.47. The van der Waals surface area contributed by atoms with Crippen LogP contribution in [0, 0.1) is 23.6 Å². The molecule has 2 aliphatic rings. The molecule has 2 unspecified atom stereocenters. The maximum atomic E-state index is 14.6. The molecule has 16 heteroatoms. The summed E-state index contributed by atoms with van der Waals surface area (Å²) in [6.45, 7) is 4.52.